The van der Waals surface area contributed by atoms with Crippen molar-refractivity contribution in [2.75, 3.05) is 0 Å². The van der Waals surface area contributed by atoms with Crippen LogP contribution >= 0.6 is 0 Å². The summed E-state index contributed by atoms with van der Waals surface area (Å²) in [7, 11) is 0. The Morgan fingerprint density at radius 1 is 0.615 bits per heavy atom. The summed E-state index contributed by atoms with van der Waals surface area (Å²) in [5.74, 6) is -4.34. The zero-order valence-corrected chi connectivity index (χ0v) is 16.5. The van der Waals surface area contributed by atoms with Crippen LogP contribution in [-0.4, -0.2) is 33.2 Å². The predicted molar refractivity (Wildman–Crippen MR) is 102 cm³/mol. The molecule has 3 N–H and O–H groups in total. The largest absolute Gasteiger partial charge is 0.481 e. The van der Waals surface area contributed by atoms with Crippen LogP contribution in [0.3, 0.4) is 0 Å². The Morgan fingerprint density at radius 3 is 1.38 bits per heavy atom. The standard InChI is InChI=1S/C11H20O4.C9H18O2/c1-2-3-4-5-6-7-8-9(10(12)13)11(14)15;1-2-3-4-5-6-7-8-9(10)11/h9H,2-8H2,1H3,(H,12,13)(H,14,15);2-8H2,1H3,(H,10,11). The van der Waals surface area contributed by atoms with Gasteiger partial charge in [0.1, 0.15) is 0 Å². The van der Waals surface area contributed by atoms with E-state index in [0.717, 1.165) is 32.1 Å². The maximum Gasteiger partial charge on any atom is 0.317 e. The Morgan fingerprint density at radius 2 is 1.00 bits per heavy atom. The van der Waals surface area contributed by atoms with Gasteiger partial charge in [0.25, 0.3) is 0 Å². The van der Waals surface area contributed by atoms with Crippen molar-refractivity contribution < 1.29 is 29.7 Å². The van der Waals surface area contributed by atoms with Crippen LogP contribution in [0.5, 0.6) is 0 Å². The minimum Gasteiger partial charge on any atom is -0.481 e. The van der Waals surface area contributed by atoms with Crippen LogP contribution in [0.4, 0.5) is 0 Å². The molecular weight excluding hydrogens is 336 g/mol. The van der Waals surface area contributed by atoms with Crippen molar-refractivity contribution in [3.63, 3.8) is 0 Å². The Bertz CT molecular complexity index is 353. The molecule has 0 rings (SSSR count). The van der Waals surface area contributed by atoms with E-state index in [2.05, 4.69) is 13.8 Å². The van der Waals surface area contributed by atoms with Gasteiger partial charge in [-0.05, 0) is 12.8 Å². The zero-order valence-electron chi connectivity index (χ0n) is 16.5. The summed E-state index contributed by atoms with van der Waals surface area (Å²) in [6.07, 6.45) is 13.7. The highest BCUT2D eigenvalue weighted by atomic mass is 16.4. The fourth-order valence-corrected chi connectivity index (χ4v) is 2.54. The fraction of sp³-hybridized carbons (Fsp3) is 0.850. The molecule has 0 saturated carbocycles. The lowest BCUT2D eigenvalue weighted by Gasteiger charge is -2.06. The average Bonchev–Trinajstić information content (AvgIpc) is 2.57. The lowest BCUT2D eigenvalue weighted by molar-refractivity contribution is -0.154. The second-order valence-electron chi connectivity index (χ2n) is 6.70. The predicted octanol–water partition coefficient (Wildman–Crippen LogP) is 5.34. The van der Waals surface area contributed by atoms with Crippen molar-refractivity contribution in [2.24, 2.45) is 5.92 Å². The molecule has 0 amide bonds. The summed E-state index contributed by atoms with van der Waals surface area (Å²) in [5.41, 5.74) is 0. The average molecular weight is 375 g/mol. The molecule has 154 valence electrons. The van der Waals surface area contributed by atoms with Gasteiger partial charge in [-0.1, -0.05) is 84.5 Å². The smallest absolute Gasteiger partial charge is 0.317 e. The quantitative estimate of drug-likeness (QED) is 0.248. The topological polar surface area (TPSA) is 112 Å². The molecule has 0 aromatic heterocycles. The number of carbonyl (C=O) groups is 3. The zero-order chi connectivity index (χ0) is 20.2. The summed E-state index contributed by atoms with van der Waals surface area (Å²) in [4.78, 5) is 31.1. The van der Waals surface area contributed by atoms with Crippen molar-refractivity contribution in [3.05, 3.63) is 0 Å². The third kappa shape index (κ3) is 20.5. The Kier molecular flexibility index (Phi) is 20.2. The van der Waals surface area contributed by atoms with Gasteiger partial charge in [-0.3, -0.25) is 14.4 Å². The van der Waals surface area contributed by atoms with E-state index < -0.39 is 23.8 Å². The molecule has 0 aromatic rings. The first-order valence-corrected chi connectivity index (χ1v) is 10.0. The van der Waals surface area contributed by atoms with Gasteiger partial charge < -0.3 is 15.3 Å². The molecule has 0 atom stereocenters. The van der Waals surface area contributed by atoms with E-state index in [4.69, 9.17) is 15.3 Å². The van der Waals surface area contributed by atoms with E-state index in [1.165, 1.54) is 38.5 Å². The van der Waals surface area contributed by atoms with Gasteiger partial charge in [0, 0.05) is 6.42 Å². The molecule has 0 aliphatic carbocycles. The molecule has 0 aliphatic heterocycles. The number of aliphatic carboxylic acids is 3. The van der Waals surface area contributed by atoms with Gasteiger partial charge in [0.05, 0.1) is 0 Å². The van der Waals surface area contributed by atoms with Crippen LogP contribution < -0.4 is 0 Å². The number of carboxylic acid groups (broad SMARTS) is 3. The maximum absolute atomic E-state index is 10.5. The van der Waals surface area contributed by atoms with Crippen LogP contribution in [0.15, 0.2) is 0 Å². The highest BCUT2D eigenvalue weighted by molar-refractivity contribution is 5.92. The minimum absolute atomic E-state index is 0.247. The van der Waals surface area contributed by atoms with Crippen LogP contribution in [0.25, 0.3) is 0 Å². The highest BCUT2D eigenvalue weighted by Crippen LogP contribution is 2.13. The first-order chi connectivity index (χ1) is 12.4. The van der Waals surface area contributed by atoms with Crippen LogP contribution in [0, 0.1) is 5.92 Å². The number of rotatable bonds is 16. The van der Waals surface area contributed by atoms with Crippen LogP contribution in [0.1, 0.15) is 104 Å². The van der Waals surface area contributed by atoms with Gasteiger partial charge in [0.15, 0.2) is 5.92 Å². The molecule has 6 heteroatoms. The lowest BCUT2D eigenvalue weighted by atomic mass is 10.0. The van der Waals surface area contributed by atoms with E-state index in [1.54, 1.807) is 0 Å². The Labute approximate surface area is 158 Å². The van der Waals surface area contributed by atoms with Crippen molar-refractivity contribution in [1.82, 2.24) is 0 Å². The van der Waals surface area contributed by atoms with Gasteiger partial charge in [0.2, 0.25) is 0 Å². The molecule has 0 spiro atoms. The van der Waals surface area contributed by atoms with E-state index >= 15 is 0 Å². The molecule has 0 bridgehead atoms. The maximum atomic E-state index is 10.5. The molecule has 0 unspecified atom stereocenters. The fourth-order valence-electron chi connectivity index (χ4n) is 2.54. The SMILES string of the molecule is CCCCCCCCC(=O)O.CCCCCCCCC(C(=O)O)C(=O)O. The molecule has 0 aromatic carbocycles. The summed E-state index contributed by atoms with van der Waals surface area (Å²) in [6, 6.07) is 0. The molecule has 26 heavy (non-hydrogen) atoms. The van der Waals surface area contributed by atoms with Gasteiger partial charge in [-0.2, -0.15) is 0 Å². The van der Waals surface area contributed by atoms with Gasteiger partial charge in [-0.25, -0.2) is 0 Å². The Hall–Kier alpha value is -1.59. The highest BCUT2D eigenvalue weighted by Gasteiger charge is 2.24. The van der Waals surface area contributed by atoms with Crippen LogP contribution in [-0.2, 0) is 14.4 Å². The van der Waals surface area contributed by atoms with Gasteiger partial charge in [-0.15, -0.1) is 0 Å². The first-order valence-electron chi connectivity index (χ1n) is 10.0. The van der Waals surface area contributed by atoms with Crippen LogP contribution in [0.2, 0.25) is 0 Å². The third-order valence-corrected chi connectivity index (χ3v) is 4.19. The summed E-state index contributed by atoms with van der Waals surface area (Å²) in [5, 5.41) is 25.5. The number of hydrogen-bond donors (Lipinski definition) is 3. The van der Waals surface area contributed by atoms with E-state index in [-0.39, 0.29) is 6.42 Å². The normalized spacial score (nSPS) is 10.3. The van der Waals surface area contributed by atoms with E-state index in [1.807, 2.05) is 0 Å². The van der Waals surface area contributed by atoms with Crippen molar-refractivity contribution >= 4 is 17.9 Å². The summed E-state index contributed by atoms with van der Waals surface area (Å²) < 4.78 is 0. The molecule has 0 fully saturated rings. The molecule has 0 heterocycles. The molecule has 0 saturated heterocycles. The van der Waals surface area contributed by atoms with Crippen molar-refractivity contribution in [3.8, 4) is 0 Å². The lowest BCUT2D eigenvalue weighted by Crippen LogP contribution is -2.23. The van der Waals surface area contributed by atoms with E-state index in [0.29, 0.717) is 12.8 Å². The third-order valence-electron chi connectivity index (χ3n) is 4.19. The number of carboxylic acids is 3. The van der Waals surface area contributed by atoms with Crippen molar-refractivity contribution in [1.29, 1.82) is 0 Å². The van der Waals surface area contributed by atoms with E-state index in [9.17, 15) is 14.4 Å². The van der Waals surface area contributed by atoms with Crippen molar-refractivity contribution in [2.45, 2.75) is 104 Å². The first kappa shape index (κ1) is 26.6. The summed E-state index contributed by atoms with van der Waals surface area (Å²) in [6.45, 7) is 4.31. The number of hydrogen-bond acceptors (Lipinski definition) is 3. The molecular formula is C20H38O6. The second-order valence-corrected chi connectivity index (χ2v) is 6.70. The Balaban J connectivity index is 0. The molecule has 0 radical (unpaired) electrons. The molecule has 6 nitrogen and oxygen atoms in total. The minimum atomic E-state index is -1.23. The molecule has 0 aliphatic rings. The summed E-state index contributed by atoms with van der Waals surface area (Å²) >= 11 is 0. The second kappa shape index (κ2) is 19.7. The van der Waals surface area contributed by atoms with Gasteiger partial charge >= 0.3 is 17.9 Å². The monoisotopic (exact) mass is 374 g/mol. The number of unbranched alkanes of at least 4 members (excludes halogenated alkanes) is 10.